The highest BCUT2D eigenvalue weighted by Gasteiger charge is 2.34. The van der Waals surface area contributed by atoms with Crippen LogP contribution in [0.15, 0.2) is 83.1 Å². The van der Waals surface area contributed by atoms with Crippen molar-refractivity contribution in [3.05, 3.63) is 94.8 Å². The number of carbonyl (C=O) groups is 2. The standard InChI is InChI=1S/C22H18ClN3O5/c23-16-2-1-3-17(10-16)30-13-18-19(21(27)31-12-14-6-9-29-11-14)20(26-22(28)25-18)15-4-7-24-8-5-15/h1-11,20H,12-13H2,(H2,25,26,28). The van der Waals surface area contributed by atoms with Gasteiger partial charge in [0.25, 0.3) is 0 Å². The Balaban J connectivity index is 1.64. The van der Waals surface area contributed by atoms with E-state index in [0.717, 1.165) is 0 Å². The van der Waals surface area contributed by atoms with Gasteiger partial charge in [-0.15, -0.1) is 0 Å². The minimum atomic E-state index is -0.730. The molecule has 0 fully saturated rings. The maximum Gasteiger partial charge on any atom is 0.338 e. The quantitative estimate of drug-likeness (QED) is 0.543. The number of nitrogens with one attached hydrogen (secondary N) is 2. The number of nitrogens with zero attached hydrogens (tertiary/aromatic N) is 1. The first kappa shape index (κ1) is 20.5. The molecule has 31 heavy (non-hydrogen) atoms. The second-order valence-electron chi connectivity index (χ2n) is 6.66. The predicted molar refractivity (Wildman–Crippen MR) is 111 cm³/mol. The number of aromatic nitrogens is 1. The highest BCUT2D eigenvalue weighted by Crippen LogP contribution is 2.28. The zero-order chi connectivity index (χ0) is 21.6. The van der Waals surface area contributed by atoms with Gasteiger partial charge in [0.15, 0.2) is 0 Å². The summed E-state index contributed by atoms with van der Waals surface area (Å²) < 4.78 is 16.2. The van der Waals surface area contributed by atoms with Crippen molar-refractivity contribution in [3.63, 3.8) is 0 Å². The van der Waals surface area contributed by atoms with Gasteiger partial charge in [-0.05, 0) is 42.0 Å². The van der Waals surface area contributed by atoms with Gasteiger partial charge in [0.2, 0.25) is 0 Å². The Morgan fingerprint density at radius 3 is 2.74 bits per heavy atom. The molecule has 2 N–H and O–H groups in total. The van der Waals surface area contributed by atoms with Crippen LogP contribution in [0.5, 0.6) is 5.75 Å². The van der Waals surface area contributed by atoms with Crippen LogP contribution in [0.4, 0.5) is 4.79 Å². The first-order valence-electron chi connectivity index (χ1n) is 9.37. The van der Waals surface area contributed by atoms with E-state index < -0.39 is 18.0 Å². The van der Waals surface area contributed by atoms with Gasteiger partial charge in [-0.25, -0.2) is 9.59 Å². The average molecular weight is 440 g/mol. The Labute approximate surface area is 182 Å². The van der Waals surface area contributed by atoms with Crippen LogP contribution in [0.2, 0.25) is 5.02 Å². The third-order valence-electron chi connectivity index (χ3n) is 4.54. The molecule has 158 valence electrons. The molecule has 1 aliphatic rings. The SMILES string of the molecule is O=C1NC(COc2cccc(Cl)c2)=C(C(=O)OCc2ccoc2)C(c2ccncc2)N1. The number of pyridine rings is 1. The van der Waals surface area contributed by atoms with E-state index in [-0.39, 0.29) is 18.8 Å². The zero-order valence-corrected chi connectivity index (χ0v) is 17.0. The van der Waals surface area contributed by atoms with Crippen LogP contribution in [-0.2, 0) is 16.1 Å². The fourth-order valence-electron chi connectivity index (χ4n) is 3.09. The molecular weight excluding hydrogens is 422 g/mol. The number of halogens is 1. The summed E-state index contributed by atoms with van der Waals surface area (Å²) in [6, 6.07) is 10.8. The van der Waals surface area contributed by atoms with Crippen molar-refractivity contribution in [1.29, 1.82) is 0 Å². The van der Waals surface area contributed by atoms with Crippen LogP contribution in [-0.4, -0.2) is 23.6 Å². The van der Waals surface area contributed by atoms with E-state index >= 15 is 0 Å². The van der Waals surface area contributed by atoms with Crippen molar-refractivity contribution in [1.82, 2.24) is 15.6 Å². The van der Waals surface area contributed by atoms with Crippen molar-refractivity contribution >= 4 is 23.6 Å². The fourth-order valence-corrected chi connectivity index (χ4v) is 3.27. The number of benzene rings is 1. The van der Waals surface area contributed by atoms with Crippen LogP contribution in [0.25, 0.3) is 0 Å². The molecule has 3 heterocycles. The fraction of sp³-hybridized carbons (Fsp3) is 0.136. The molecule has 1 atom stereocenters. The van der Waals surface area contributed by atoms with Crippen molar-refractivity contribution in [2.45, 2.75) is 12.6 Å². The second-order valence-corrected chi connectivity index (χ2v) is 7.09. The zero-order valence-electron chi connectivity index (χ0n) is 16.2. The number of urea groups is 1. The molecule has 1 aromatic carbocycles. The van der Waals surface area contributed by atoms with Gasteiger partial charge in [-0.3, -0.25) is 4.98 Å². The maximum atomic E-state index is 13.1. The molecule has 4 rings (SSSR count). The number of carbonyl (C=O) groups excluding carboxylic acids is 2. The summed E-state index contributed by atoms with van der Waals surface area (Å²) in [5.74, 6) is -0.0976. The molecule has 2 aromatic heterocycles. The second kappa shape index (κ2) is 9.36. The first-order valence-corrected chi connectivity index (χ1v) is 9.75. The van der Waals surface area contributed by atoms with Crippen molar-refractivity contribution in [2.24, 2.45) is 0 Å². The van der Waals surface area contributed by atoms with Crippen molar-refractivity contribution in [3.8, 4) is 5.75 Å². The summed E-state index contributed by atoms with van der Waals surface area (Å²) in [4.78, 5) is 29.4. The molecular formula is C22H18ClN3O5. The molecule has 0 radical (unpaired) electrons. The number of hydrogen-bond acceptors (Lipinski definition) is 6. The Morgan fingerprint density at radius 2 is 2.00 bits per heavy atom. The number of furan rings is 1. The molecule has 0 spiro atoms. The number of ether oxygens (including phenoxy) is 2. The van der Waals surface area contributed by atoms with E-state index in [1.54, 1.807) is 54.9 Å². The van der Waals surface area contributed by atoms with E-state index in [4.69, 9.17) is 25.5 Å². The van der Waals surface area contributed by atoms with Crippen molar-refractivity contribution in [2.75, 3.05) is 6.61 Å². The lowest BCUT2D eigenvalue weighted by Gasteiger charge is -2.29. The molecule has 0 aliphatic carbocycles. The van der Waals surface area contributed by atoms with E-state index in [2.05, 4.69) is 15.6 Å². The Kier molecular flexibility index (Phi) is 6.18. The lowest BCUT2D eigenvalue weighted by molar-refractivity contribution is -0.140. The molecule has 2 amide bonds. The molecule has 0 saturated heterocycles. The number of amides is 2. The van der Waals surface area contributed by atoms with Gasteiger partial charge >= 0.3 is 12.0 Å². The van der Waals surface area contributed by atoms with Crippen molar-refractivity contribution < 1.29 is 23.5 Å². The lowest BCUT2D eigenvalue weighted by atomic mass is 9.96. The largest absolute Gasteiger partial charge is 0.487 e. The highest BCUT2D eigenvalue weighted by atomic mass is 35.5. The minimum Gasteiger partial charge on any atom is -0.487 e. The summed E-state index contributed by atoms with van der Waals surface area (Å²) in [7, 11) is 0. The summed E-state index contributed by atoms with van der Waals surface area (Å²) in [6.07, 6.45) is 6.15. The Hall–Kier alpha value is -3.78. The predicted octanol–water partition coefficient (Wildman–Crippen LogP) is 3.76. The Bertz CT molecular complexity index is 1100. The molecule has 8 nitrogen and oxygen atoms in total. The van der Waals surface area contributed by atoms with Crippen LogP contribution in [0.3, 0.4) is 0 Å². The third-order valence-corrected chi connectivity index (χ3v) is 4.78. The topological polar surface area (TPSA) is 103 Å². The highest BCUT2D eigenvalue weighted by molar-refractivity contribution is 6.30. The van der Waals surface area contributed by atoms with Crippen LogP contribution in [0.1, 0.15) is 17.2 Å². The van der Waals surface area contributed by atoms with E-state index in [1.807, 2.05) is 0 Å². The van der Waals surface area contributed by atoms with Gasteiger partial charge in [0.1, 0.15) is 19.0 Å². The monoisotopic (exact) mass is 439 g/mol. The summed E-state index contributed by atoms with van der Waals surface area (Å²) in [6.45, 7) is -0.0379. The maximum absolute atomic E-state index is 13.1. The molecule has 3 aromatic rings. The molecule has 1 aliphatic heterocycles. The van der Waals surface area contributed by atoms with Gasteiger partial charge in [0, 0.05) is 23.0 Å². The normalized spacial score (nSPS) is 15.8. The Morgan fingerprint density at radius 1 is 1.16 bits per heavy atom. The van der Waals surface area contributed by atoms with Gasteiger partial charge in [0.05, 0.1) is 29.8 Å². The lowest BCUT2D eigenvalue weighted by Crippen LogP contribution is -2.47. The van der Waals surface area contributed by atoms with E-state index in [1.165, 1.54) is 12.5 Å². The summed E-state index contributed by atoms with van der Waals surface area (Å²) in [5.41, 5.74) is 1.92. The average Bonchev–Trinajstić information content (AvgIpc) is 3.30. The van der Waals surface area contributed by atoms with Gasteiger partial charge < -0.3 is 24.5 Å². The summed E-state index contributed by atoms with van der Waals surface area (Å²) >= 11 is 6.00. The van der Waals surface area contributed by atoms with Gasteiger partial charge in [-0.2, -0.15) is 0 Å². The van der Waals surface area contributed by atoms with E-state index in [0.29, 0.717) is 27.6 Å². The molecule has 1 unspecified atom stereocenters. The first-order chi connectivity index (χ1) is 15.1. The minimum absolute atomic E-state index is 0.0261. The molecule has 9 heteroatoms. The number of rotatable bonds is 7. The number of hydrogen-bond donors (Lipinski definition) is 2. The van der Waals surface area contributed by atoms with Crippen LogP contribution >= 0.6 is 11.6 Å². The van der Waals surface area contributed by atoms with Gasteiger partial charge in [-0.1, -0.05) is 17.7 Å². The molecule has 0 bridgehead atoms. The third kappa shape index (κ3) is 5.04. The number of esters is 1. The molecule has 0 saturated carbocycles. The van der Waals surface area contributed by atoms with Crippen LogP contribution < -0.4 is 15.4 Å². The van der Waals surface area contributed by atoms with E-state index in [9.17, 15) is 9.59 Å². The smallest absolute Gasteiger partial charge is 0.338 e. The summed E-state index contributed by atoms with van der Waals surface area (Å²) in [5, 5.41) is 5.93. The van der Waals surface area contributed by atoms with Crippen LogP contribution in [0, 0.1) is 0 Å².